The molecular formula is C15H18Br2N2S. The van der Waals surface area contributed by atoms with E-state index in [1.807, 2.05) is 7.05 Å². The SMILES string of the molecule is CNC(C)c1ccc(N(C)Cc2cc(Br)cs2)c(Br)c1. The van der Waals surface area contributed by atoms with Crippen LogP contribution in [0.5, 0.6) is 0 Å². The van der Waals surface area contributed by atoms with Crippen molar-refractivity contribution in [3.8, 4) is 0 Å². The van der Waals surface area contributed by atoms with E-state index >= 15 is 0 Å². The molecule has 0 spiro atoms. The summed E-state index contributed by atoms with van der Waals surface area (Å²) in [6, 6.07) is 9.08. The fourth-order valence-corrected chi connectivity index (χ4v) is 4.23. The van der Waals surface area contributed by atoms with E-state index in [1.165, 1.54) is 16.1 Å². The molecule has 0 aliphatic carbocycles. The Labute approximate surface area is 141 Å². The lowest BCUT2D eigenvalue weighted by Crippen LogP contribution is -2.17. The molecule has 2 rings (SSSR count). The van der Waals surface area contributed by atoms with Gasteiger partial charge < -0.3 is 10.2 Å². The molecule has 0 saturated carbocycles. The average Bonchev–Trinajstić information content (AvgIpc) is 2.82. The molecule has 2 aromatic rings. The minimum atomic E-state index is 0.360. The van der Waals surface area contributed by atoms with E-state index in [1.54, 1.807) is 11.3 Å². The minimum Gasteiger partial charge on any atom is -0.369 e. The van der Waals surface area contributed by atoms with Gasteiger partial charge >= 0.3 is 0 Å². The average molecular weight is 418 g/mol. The maximum absolute atomic E-state index is 3.69. The second-order valence-electron chi connectivity index (χ2n) is 4.81. The summed E-state index contributed by atoms with van der Waals surface area (Å²) in [6.07, 6.45) is 0. The molecule has 1 unspecified atom stereocenters. The van der Waals surface area contributed by atoms with Crippen LogP contribution >= 0.6 is 43.2 Å². The van der Waals surface area contributed by atoms with Crippen LogP contribution in [0, 0.1) is 0 Å². The number of nitrogens with zero attached hydrogens (tertiary/aromatic N) is 1. The monoisotopic (exact) mass is 416 g/mol. The first-order chi connectivity index (χ1) is 9.51. The topological polar surface area (TPSA) is 15.3 Å². The van der Waals surface area contributed by atoms with E-state index in [9.17, 15) is 0 Å². The Hall–Kier alpha value is -0.360. The van der Waals surface area contributed by atoms with Gasteiger partial charge in [-0.15, -0.1) is 11.3 Å². The van der Waals surface area contributed by atoms with E-state index in [0.29, 0.717) is 6.04 Å². The molecule has 1 aromatic carbocycles. The van der Waals surface area contributed by atoms with Gasteiger partial charge in [0.25, 0.3) is 0 Å². The molecule has 1 atom stereocenters. The number of benzene rings is 1. The zero-order valence-electron chi connectivity index (χ0n) is 11.8. The molecule has 1 aromatic heterocycles. The summed E-state index contributed by atoms with van der Waals surface area (Å²) in [4.78, 5) is 3.61. The highest BCUT2D eigenvalue weighted by atomic mass is 79.9. The molecule has 2 nitrogen and oxygen atoms in total. The second-order valence-corrected chi connectivity index (χ2v) is 7.57. The van der Waals surface area contributed by atoms with E-state index < -0.39 is 0 Å². The van der Waals surface area contributed by atoms with E-state index in [0.717, 1.165) is 15.5 Å². The third-order valence-electron chi connectivity index (χ3n) is 3.33. The van der Waals surface area contributed by atoms with Gasteiger partial charge in [-0.25, -0.2) is 0 Å². The Morgan fingerprint density at radius 3 is 2.60 bits per heavy atom. The number of hydrogen-bond acceptors (Lipinski definition) is 3. The van der Waals surface area contributed by atoms with Crippen molar-refractivity contribution >= 4 is 48.9 Å². The molecule has 0 aliphatic rings. The van der Waals surface area contributed by atoms with Gasteiger partial charge in [-0.2, -0.15) is 0 Å². The first kappa shape index (κ1) is 16.0. The largest absolute Gasteiger partial charge is 0.369 e. The number of rotatable bonds is 5. The third kappa shape index (κ3) is 3.85. The van der Waals surface area contributed by atoms with Gasteiger partial charge in [0.15, 0.2) is 0 Å². The van der Waals surface area contributed by atoms with Gasteiger partial charge in [0, 0.05) is 32.3 Å². The van der Waals surface area contributed by atoms with E-state index in [-0.39, 0.29) is 0 Å². The normalized spacial score (nSPS) is 12.4. The van der Waals surface area contributed by atoms with Crippen molar-refractivity contribution in [2.45, 2.75) is 19.5 Å². The van der Waals surface area contributed by atoms with Gasteiger partial charge in [-0.3, -0.25) is 0 Å². The molecule has 0 radical (unpaired) electrons. The molecule has 108 valence electrons. The van der Waals surface area contributed by atoms with Crippen molar-refractivity contribution in [3.05, 3.63) is 49.0 Å². The van der Waals surface area contributed by atoms with Crippen LogP contribution in [0.25, 0.3) is 0 Å². The fourth-order valence-electron chi connectivity index (χ4n) is 2.02. The van der Waals surface area contributed by atoms with E-state index in [2.05, 4.69) is 85.7 Å². The lowest BCUT2D eigenvalue weighted by molar-refractivity contribution is 0.652. The van der Waals surface area contributed by atoms with Crippen LogP contribution in [-0.2, 0) is 6.54 Å². The Balaban J connectivity index is 2.15. The molecule has 0 fully saturated rings. The van der Waals surface area contributed by atoms with Gasteiger partial charge in [0.2, 0.25) is 0 Å². The number of thiophene rings is 1. The molecule has 0 aliphatic heterocycles. The Morgan fingerprint density at radius 2 is 2.05 bits per heavy atom. The van der Waals surface area contributed by atoms with Crippen LogP contribution in [0.4, 0.5) is 5.69 Å². The summed E-state index contributed by atoms with van der Waals surface area (Å²) in [5.74, 6) is 0. The lowest BCUT2D eigenvalue weighted by atomic mass is 10.1. The zero-order chi connectivity index (χ0) is 14.7. The number of hydrogen-bond donors (Lipinski definition) is 1. The summed E-state index contributed by atoms with van der Waals surface area (Å²) < 4.78 is 2.29. The number of nitrogens with one attached hydrogen (secondary N) is 1. The summed E-state index contributed by atoms with van der Waals surface area (Å²) >= 11 is 8.97. The second kappa shape index (κ2) is 7.07. The van der Waals surface area contributed by atoms with Crippen molar-refractivity contribution < 1.29 is 0 Å². The summed E-state index contributed by atoms with van der Waals surface area (Å²) in [7, 11) is 4.10. The number of halogens is 2. The molecule has 0 saturated heterocycles. The lowest BCUT2D eigenvalue weighted by Gasteiger charge is -2.21. The van der Waals surface area contributed by atoms with Gasteiger partial charge in [0.1, 0.15) is 0 Å². The Morgan fingerprint density at radius 1 is 1.30 bits per heavy atom. The highest BCUT2D eigenvalue weighted by Gasteiger charge is 2.10. The van der Waals surface area contributed by atoms with Crippen molar-refractivity contribution in [3.63, 3.8) is 0 Å². The van der Waals surface area contributed by atoms with Crippen LogP contribution in [0.2, 0.25) is 0 Å². The molecule has 1 heterocycles. The molecular weight excluding hydrogens is 400 g/mol. The summed E-state index contributed by atoms with van der Waals surface area (Å²) in [6.45, 7) is 3.07. The van der Waals surface area contributed by atoms with Crippen molar-refractivity contribution in [2.75, 3.05) is 19.0 Å². The molecule has 0 bridgehead atoms. The van der Waals surface area contributed by atoms with Crippen LogP contribution in [0.1, 0.15) is 23.4 Å². The predicted octanol–water partition coefficient (Wildman–Crippen LogP) is 5.19. The Kier molecular flexibility index (Phi) is 5.66. The van der Waals surface area contributed by atoms with Gasteiger partial charge in [-0.1, -0.05) is 6.07 Å². The summed E-state index contributed by atoms with van der Waals surface area (Å²) in [5, 5.41) is 5.38. The first-order valence-electron chi connectivity index (χ1n) is 6.42. The van der Waals surface area contributed by atoms with E-state index in [4.69, 9.17) is 0 Å². The Bertz CT molecular complexity index is 583. The quantitative estimate of drug-likeness (QED) is 0.719. The molecule has 20 heavy (non-hydrogen) atoms. The first-order valence-corrected chi connectivity index (χ1v) is 8.88. The zero-order valence-corrected chi connectivity index (χ0v) is 15.8. The van der Waals surface area contributed by atoms with Crippen LogP contribution in [-0.4, -0.2) is 14.1 Å². The van der Waals surface area contributed by atoms with Crippen molar-refractivity contribution in [1.29, 1.82) is 0 Å². The van der Waals surface area contributed by atoms with Crippen LogP contribution in [0.3, 0.4) is 0 Å². The van der Waals surface area contributed by atoms with Gasteiger partial charge in [-0.05, 0) is 69.6 Å². The standard InChI is InChI=1S/C15H18Br2N2S/c1-10(18-2)11-4-5-15(14(17)6-11)19(3)8-13-7-12(16)9-20-13/h4-7,9-10,18H,8H2,1-3H3. The van der Waals surface area contributed by atoms with Gasteiger partial charge in [0.05, 0.1) is 12.2 Å². The highest BCUT2D eigenvalue weighted by Crippen LogP contribution is 2.30. The molecule has 5 heteroatoms. The third-order valence-corrected chi connectivity index (χ3v) is 5.65. The molecule has 0 amide bonds. The van der Waals surface area contributed by atoms with Crippen LogP contribution in [0.15, 0.2) is 38.6 Å². The fraction of sp³-hybridized carbons (Fsp3) is 0.333. The highest BCUT2D eigenvalue weighted by molar-refractivity contribution is 9.10. The number of anilines is 1. The maximum Gasteiger partial charge on any atom is 0.0520 e. The van der Waals surface area contributed by atoms with Crippen molar-refractivity contribution in [1.82, 2.24) is 5.32 Å². The predicted molar refractivity (Wildman–Crippen MR) is 95.7 cm³/mol. The minimum absolute atomic E-state index is 0.360. The van der Waals surface area contributed by atoms with Crippen molar-refractivity contribution in [2.24, 2.45) is 0 Å². The summed E-state index contributed by atoms with van der Waals surface area (Å²) in [5.41, 5.74) is 2.50. The molecule has 1 N–H and O–H groups in total. The maximum atomic E-state index is 3.69. The smallest absolute Gasteiger partial charge is 0.0520 e. The van der Waals surface area contributed by atoms with Crippen LogP contribution < -0.4 is 10.2 Å².